The molecule has 0 spiro atoms. The average molecular weight is 787 g/mol. The monoisotopic (exact) mass is 786 g/mol. The summed E-state index contributed by atoms with van der Waals surface area (Å²) >= 11 is 8.95. The van der Waals surface area contributed by atoms with Crippen LogP contribution in [0.25, 0.3) is 33.2 Å². The zero-order valence-electron chi connectivity index (χ0n) is 26.4. The van der Waals surface area contributed by atoms with Gasteiger partial charge in [-0.05, 0) is 84.1 Å². The lowest BCUT2D eigenvalue weighted by Gasteiger charge is -2.27. The van der Waals surface area contributed by atoms with Gasteiger partial charge in [0.2, 0.25) is 5.91 Å². The van der Waals surface area contributed by atoms with Gasteiger partial charge in [-0.1, -0.05) is 59.2 Å². The maximum Gasteiger partial charge on any atom is 0.410 e. The predicted octanol–water partition coefficient (Wildman–Crippen LogP) is 8.55. The van der Waals surface area contributed by atoms with Gasteiger partial charge in [0.25, 0.3) is 0 Å². The van der Waals surface area contributed by atoms with Crippen molar-refractivity contribution in [3.05, 3.63) is 89.9 Å². The molecule has 5 rings (SSSR count). The topological polar surface area (TPSA) is 115 Å². The summed E-state index contributed by atoms with van der Waals surface area (Å²) < 4.78 is 12.7. The summed E-state index contributed by atoms with van der Waals surface area (Å²) in [7, 11) is 0. The van der Waals surface area contributed by atoms with E-state index in [-0.39, 0.29) is 25.4 Å². The fourth-order valence-corrected chi connectivity index (χ4v) is 6.85. The Bertz CT molecular complexity index is 1810. The normalized spacial score (nSPS) is 11.7. The Kier molecular flexibility index (Phi) is 11.8. The maximum atomic E-state index is 13.1. The number of benzene rings is 3. The van der Waals surface area contributed by atoms with E-state index in [0.717, 1.165) is 44.4 Å². The Morgan fingerprint density at radius 3 is 2.55 bits per heavy atom. The maximum absolute atomic E-state index is 13.1. The molecule has 1 atom stereocenters. The van der Waals surface area contributed by atoms with E-state index in [1.165, 1.54) is 0 Å². The minimum Gasteiger partial charge on any atom is -0.444 e. The molecule has 2 aromatic heterocycles. The lowest BCUT2D eigenvalue weighted by Crippen LogP contribution is -2.39. The molecule has 0 aliphatic heterocycles. The lowest BCUT2D eigenvalue weighted by molar-refractivity contribution is -0.121. The number of nitrogens with zero attached hydrogens (tertiary/aromatic N) is 4. The highest BCUT2D eigenvalue weighted by atomic mass is 127. The number of carbonyl (C=O) groups excluding carboxylic acids is 2. The third-order valence-electron chi connectivity index (χ3n) is 7.28. The van der Waals surface area contributed by atoms with Gasteiger partial charge in [-0.15, -0.1) is 0 Å². The third kappa shape index (κ3) is 9.46. The highest BCUT2D eigenvalue weighted by Gasteiger charge is 2.23. The van der Waals surface area contributed by atoms with Gasteiger partial charge in [0.1, 0.15) is 11.9 Å². The Morgan fingerprint density at radius 1 is 1.04 bits per heavy atom. The fraction of sp³-hybridized carbons (Fsp3) is 0.294. The number of aromatic nitrogens is 3. The second-order valence-corrected chi connectivity index (χ2v) is 14.4. The number of halogens is 2. The lowest BCUT2D eigenvalue weighted by atomic mass is 10.0. The number of carbonyl (C=O) groups is 2. The van der Waals surface area contributed by atoms with Crippen LogP contribution in [0.5, 0.6) is 0 Å². The van der Waals surface area contributed by atoms with E-state index in [4.69, 9.17) is 20.9 Å². The molecule has 0 fully saturated rings. The van der Waals surface area contributed by atoms with E-state index in [9.17, 15) is 9.59 Å². The molecule has 47 heavy (non-hydrogen) atoms. The van der Waals surface area contributed by atoms with Gasteiger partial charge in [0.15, 0.2) is 0 Å². The van der Waals surface area contributed by atoms with E-state index in [0.29, 0.717) is 30.9 Å². The zero-order chi connectivity index (χ0) is 33.4. The Morgan fingerprint density at radius 2 is 1.85 bits per heavy atom. The van der Waals surface area contributed by atoms with Crippen LogP contribution in [0.2, 0.25) is 5.02 Å². The van der Waals surface area contributed by atoms with Crippen molar-refractivity contribution < 1.29 is 18.8 Å². The molecule has 0 saturated carbocycles. The fourth-order valence-electron chi connectivity index (χ4n) is 5.01. The van der Waals surface area contributed by atoms with E-state index in [2.05, 4.69) is 55.1 Å². The third-order valence-corrected chi connectivity index (χ3v) is 9.48. The molecule has 0 bridgehead atoms. The van der Waals surface area contributed by atoms with Crippen LogP contribution < -0.4 is 10.6 Å². The van der Waals surface area contributed by atoms with Crippen LogP contribution in [-0.2, 0) is 16.1 Å². The van der Waals surface area contributed by atoms with E-state index in [1.807, 2.05) is 80.0 Å². The van der Waals surface area contributed by atoms with Crippen LogP contribution in [0, 0.1) is 0 Å². The molecule has 5 aromatic rings. The second-order valence-electron chi connectivity index (χ2n) is 12.0. The summed E-state index contributed by atoms with van der Waals surface area (Å²) in [6.07, 6.45) is 6.00. The minimum absolute atomic E-state index is 0.139. The number of hydrogen-bond acceptors (Lipinski definition) is 7. The van der Waals surface area contributed by atoms with Crippen molar-refractivity contribution in [1.29, 1.82) is 0 Å². The Hall–Kier alpha value is -3.67. The van der Waals surface area contributed by atoms with Crippen molar-refractivity contribution in [2.24, 2.45) is 0 Å². The molecule has 13 heteroatoms. The van der Waals surface area contributed by atoms with Gasteiger partial charge < -0.3 is 24.8 Å². The number of fused-ring (bicyclic) bond motifs is 1. The van der Waals surface area contributed by atoms with E-state index < -0.39 is 11.7 Å². The summed E-state index contributed by atoms with van der Waals surface area (Å²) in [5.74, 6) is -0.142. The van der Waals surface area contributed by atoms with Gasteiger partial charge in [-0.25, -0.2) is 9.25 Å². The molecule has 2 amide bonds. The summed E-state index contributed by atoms with van der Waals surface area (Å²) in [6, 6.07) is 19.8. The quantitative estimate of drug-likeness (QED) is 0.0699. The van der Waals surface area contributed by atoms with Gasteiger partial charge in [-0.2, -0.15) is 5.10 Å². The summed E-state index contributed by atoms with van der Waals surface area (Å²) in [5.41, 5.74) is 5.95. The zero-order valence-corrected chi connectivity index (χ0v) is 30.3. The number of rotatable bonds is 13. The molecule has 10 nitrogen and oxygen atoms in total. The van der Waals surface area contributed by atoms with Crippen LogP contribution in [0.1, 0.15) is 39.2 Å². The highest BCUT2D eigenvalue weighted by Crippen LogP contribution is 2.35. The number of nitrogens with one attached hydrogen (secondary N) is 2. The largest absolute Gasteiger partial charge is 0.444 e. The molecule has 0 aliphatic rings. The second kappa shape index (κ2) is 16.0. The Balaban J connectivity index is 1.15. The molecule has 2 N–H and O–H groups in total. The standard InChI is InChI=1S/C34H37ClIN6O4P/c1-34(2,3)46-33(44)41(21-23-10-11-27(29(35)16-23)24-8-5-4-6-9-24)15-12-32(43)38-14-7-13-37-30-17-25(26-19-40-45-22-26)18-31-28(30)20-39-42(31)47-36/h4-6,8-11,16-20,22,37,47H,7,12-15,21H2,1-3H3,(H,38,43). The minimum atomic E-state index is -0.671. The smallest absolute Gasteiger partial charge is 0.410 e. The van der Waals surface area contributed by atoms with Gasteiger partial charge >= 0.3 is 6.09 Å². The number of anilines is 1. The molecular formula is C34H37ClIN6O4P. The van der Waals surface area contributed by atoms with Crippen LogP contribution in [0.4, 0.5) is 10.5 Å². The highest BCUT2D eigenvalue weighted by molar-refractivity contribution is 14.2. The molecular weight excluding hydrogens is 750 g/mol. The first-order valence-corrected chi connectivity index (χ1v) is 19.7. The van der Waals surface area contributed by atoms with E-state index in [1.54, 1.807) is 17.4 Å². The molecule has 1 unspecified atom stereocenters. The van der Waals surface area contributed by atoms with Crippen molar-refractivity contribution in [3.63, 3.8) is 0 Å². The van der Waals surface area contributed by atoms with Crippen molar-refractivity contribution in [3.8, 4) is 22.3 Å². The van der Waals surface area contributed by atoms with Crippen LogP contribution in [0.15, 0.2) is 83.8 Å². The number of hydrogen-bond donors (Lipinski definition) is 2. The van der Waals surface area contributed by atoms with Crippen LogP contribution >= 0.6 is 40.0 Å². The SMILES string of the molecule is CC(C)(C)OC(=O)N(CCC(=O)NCCCNc1cc(-c2cnoc2)cc2c1cnn2PI)Cc1ccc(-c2ccccc2)c(Cl)c1. The molecule has 0 saturated heterocycles. The molecule has 0 radical (unpaired) electrons. The first kappa shape index (κ1) is 34.7. The van der Waals surface area contributed by atoms with E-state index >= 15 is 0 Å². The van der Waals surface area contributed by atoms with Gasteiger partial charge in [0.05, 0.1) is 24.3 Å². The molecule has 246 valence electrons. The molecule has 0 aliphatic carbocycles. The first-order valence-electron chi connectivity index (χ1n) is 15.2. The first-order chi connectivity index (χ1) is 22.6. The van der Waals surface area contributed by atoms with Crippen molar-refractivity contribution in [2.75, 3.05) is 25.0 Å². The summed E-state index contributed by atoms with van der Waals surface area (Å²) in [5, 5.41) is 16.5. The van der Waals surface area contributed by atoms with Crippen molar-refractivity contribution in [2.45, 2.75) is 45.8 Å². The van der Waals surface area contributed by atoms with Crippen molar-refractivity contribution >= 4 is 68.6 Å². The average Bonchev–Trinajstić information content (AvgIpc) is 3.73. The van der Waals surface area contributed by atoms with Gasteiger partial charge in [0, 0.05) is 59.8 Å². The predicted molar refractivity (Wildman–Crippen MR) is 197 cm³/mol. The Labute approximate surface area is 293 Å². The van der Waals surface area contributed by atoms with Crippen LogP contribution in [-0.4, -0.2) is 56.8 Å². The summed E-state index contributed by atoms with van der Waals surface area (Å²) in [6.45, 7) is 7.05. The molecule has 3 aromatic carbocycles. The van der Waals surface area contributed by atoms with Gasteiger partial charge in [-0.3, -0.25) is 4.79 Å². The van der Waals surface area contributed by atoms with Crippen LogP contribution in [0.3, 0.4) is 0 Å². The summed E-state index contributed by atoms with van der Waals surface area (Å²) in [4.78, 5) is 27.5. The number of amides is 2. The van der Waals surface area contributed by atoms with Crippen molar-refractivity contribution in [1.82, 2.24) is 24.9 Å². The number of ether oxygens (including phenoxy) is 1. The molecule has 2 heterocycles.